The standard InChI is InChI=1S/C13H20N2O4S/c1-18-11-5-6-13(12(8-11)19-2)20(16,17)15-10-4-3-7-14-9-10/h5-6,8,10,14-15H,3-4,7,9H2,1-2H3/t10-/m0/s1. The minimum atomic E-state index is -3.60. The maximum atomic E-state index is 12.4. The lowest BCUT2D eigenvalue weighted by atomic mass is 10.1. The third-order valence-corrected chi connectivity index (χ3v) is 4.84. The summed E-state index contributed by atoms with van der Waals surface area (Å²) in [7, 11) is -0.635. The summed E-state index contributed by atoms with van der Waals surface area (Å²) in [6.07, 6.45) is 1.80. The van der Waals surface area contributed by atoms with Crippen LogP contribution in [0, 0.1) is 0 Å². The summed E-state index contributed by atoms with van der Waals surface area (Å²) in [6.45, 7) is 1.59. The van der Waals surface area contributed by atoms with Gasteiger partial charge in [0.15, 0.2) is 0 Å². The highest BCUT2D eigenvalue weighted by molar-refractivity contribution is 7.89. The lowest BCUT2D eigenvalue weighted by Gasteiger charge is -2.24. The van der Waals surface area contributed by atoms with Gasteiger partial charge in [0.2, 0.25) is 10.0 Å². The molecule has 0 aliphatic carbocycles. The van der Waals surface area contributed by atoms with Crippen LogP contribution < -0.4 is 19.5 Å². The summed E-state index contributed by atoms with van der Waals surface area (Å²) in [5, 5.41) is 3.18. The van der Waals surface area contributed by atoms with Crippen LogP contribution in [0.4, 0.5) is 0 Å². The minimum absolute atomic E-state index is 0.0828. The first-order valence-electron chi connectivity index (χ1n) is 6.52. The Kier molecular flexibility index (Phi) is 4.85. The molecular formula is C13H20N2O4S. The molecule has 20 heavy (non-hydrogen) atoms. The molecule has 7 heteroatoms. The fourth-order valence-corrected chi connectivity index (χ4v) is 3.65. The molecule has 1 saturated heterocycles. The maximum absolute atomic E-state index is 12.4. The predicted molar refractivity (Wildman–Crippen MR) is 75.8 cm³/mol. The van der Waals surface area contributed by atoms with E-state index in [9.17, 15) is 8.42 Å². The van der Waals surface area contributed by atoms with Gasteiger partial charge in [-0.05, 0) is 31.5 Å². The van der Waals surface area contributed by atoms with E-state index in [0.717, 1.165) is 19.4 Å². The first-order chi connectivity index (χ1) is 9.56. The second-order valence-electron chi connectivity index (χ2n) is 4.68. The van der Waals surface area contributed by atoms with Gasteiger partial charge in [0, 0.05) is 18.7 Å². The lowest BCUT2D eigenvalue weighted by molar-refractivity contribution is 0.384. The minimum Gasteiger partial charge on any atom is -0.497 e. The molecule has 6 nitrogen and oxygen atoms in total. The molecule has 0 unspecified atom stereocenters. The Hall–Kier alpha value is -1.31. The number of hydrogen-bond donors (Lipinski definition) is 2. The number of nitrogens with one attached hydrogen (secondary N) is 2. The molecule has 1 aliphatic rings. The molecule has 0 radical (unpaired) electrons. The Morgan fingerprint density at radius 1 is 1.30 bits per heavy atom. The van der Waals surface area contributed by atoms with Crippen LogP contribution in [0.5, 0.6) is 11.5 Å². The molecule has 0 amide bonds. The molecule has 1 aromatic rings. The molecule has 0 bridgehead atoms. The highest BCUT2D eigenvalue weighted by atomic mass is 32.2. The van der Waals surface area contributed by atoms with Gasteiger partial charge < -0.3 is 14.8 Å². The van der Waals surface area contributed by atoms with Gasteiger partial charge in [0.1, 0.15) is 16.4 Å². The molecule has 0 saturated carbocycles. The summed E-state index contributed by atoms with van der Waals surface area (Å²) in [6, 6.07) is 4.58. The summed E-state index contributed by atoms with van der Waals surface area (Å²) in [5.74, 6) is 0.834. The normalized spacial score (nSPS) is 19.6. The van der Waals surface area contributed by atoms with Crippen LogP contribution in [-0.2, 0) is 10.0 Å². The van der Waals surface area contributed by atoms with Crippen LogP contribution in [0.15, 0.2) is 23.1 Å². The predicted octanol–water partition coefficient (Wildman–Crippen LogP) is 0.734. The van der Waals surface area contributed by atoms with Gasteiger partial charge in [-0.25, -0.2) is 13.1 Å². The first kappa shape index (κ1) is 15.1. The van der Waals surface area contributed by atoms with E-state index in [2.05, 4.69) is 10.0 Å². The smallest absolute Gasteiger partial charge is 0.244 e. The Morgan fingerprint density at radius 3 is 2.70 bits per heavy atom. The monoisotopic (exact) mass is 300 g/mol. The van der Waals surface area contributed by atoms with Crippen molar-refractivity contribution >= 4 is 10.0 Å². The zero-order valence-electron chi connectivity index (χ0n) is 11.7. The molecule has 2 N–H and O–H groups in total. The van der Waals surface area contributed by atoms with Crippen molar-refractivity contribution in [3.05, 3.63) is 18.2 Å². The fourth-order valence-electron chi connectivity index (χ4n) is 2.23. The van der Waals surface area contributed by atoms with Crippen LogP contribution in [0.25, 0.3) is 0 Å². The number of methoxy groups -OCH3 is 2. The van der Waals surface area contributed by atoms with Crippen molar-refractivity contribution in [2.75, 3.05) is 27.3 Å². The first-order valence-corrected chi connectivity index (χ1v) is 8.00. The van der Waals surface area contributed by atoms with Crippen LogP contribution in [0.1, 0.15) is 12.8 Å². The summed E-state index contributed by atoms with van der Waals surface area (Å²) >= 11 is 0. The number of ether oxygens (including phenoxy) is 2. The van der Waals surface area contributed by atoms with Gasteiger partial charge in [0.05, 0.1) is 14.2 Å². The van der Waals surface area contributed by atoms with Crippen LogP contribution in [-0.4, -0.2) is 41.8 Å². The van der Waals surface area contributed by atoms with Gasteiger partial charge in [-0.1, -0.05) is 0 Å². The van der Waals surface area contributed by atoms with Crippen molar-refractivity contribution in [3.63, 3.8) is 0 Å². The van der Waals surface area contributed by atoms with Crippen molar-refractivity contribution < 1.29 is 17.9 Å². The Morgan fingerprint density at radius 2 is 2.10 bits per heavy atom. The third kappa shape index (κ3) is 3.41. The maximum Gasteiger partial charge on any atom is 0.244 e. The lowest BCUT2D eigenvalue weighted by Crippen LogP contribution is -2.45. The van der Waals surface area contributed by atoms with Gasteiger partial charge in [0.25, 0.3) is 0 Å². The molecule has 112 valence electrons. The van der Waals surface area contributed by atoms with E-state index in [4.69, 9.17) is 9.47 Å². The Labute approximate surface area is 119 Å². The molecule has 1 aliphatic heterocycles. The van der Waals surface area contributed by atoms with E-state index in [1.807, 2.05) is 0 Å². The van der Waals surface area contributed by atoms with Crippen molar-refractivity contribution in [1.29, 1.82) is 0 Å². The highest BCUT2D eigenvalue weighted by Crippen LogP contribution is 2.28. The number of hydrogen-bond acceptors (Lipinski definition) is 5. The quantitative estimate of drug-likeness (QED) is 0.838. The molecular weight excluding hydrogens is 280 g/mol. The number of rotatable bonds is 5. The Balaban J connectivity index is 2.24. The van der Waals surface area contributed by atoms with Crippen molar-refractivity contribution in [1.82, 2.24) is 10.0 Å². The zero-order chi connectivity index (χ0) is 14.6. The highest BCUT2D eigenvalue weighted by Gasteiger charge is 2.24. The van der Waals surface area contributed by atoms with E-state index in [-0.39, 0.29) is 16.7 Å². The van der Waals surface area contributed by atoms with E-state index in [0.29, 0.717) is 12.3 Å². The largest absolute Gasteiger partial charge is 0.497 e. The van der Waals surface area contributed by atoms with Crippen molar-refractivity contribution in [2.45, 2.75) is 23.8 Å². The van der Waals surface area contributed by atoms with E-state index >= 15 is 0 Å². The second kappa shape index (κ2) is 6.43. The fraction of sp³-hybridized carbons (Fsp3) is 0.538. The van der Waals surface area contributed by atoms with Gasteiger partial charge in [-0.2, -0.15) is 0 Å². The topological polar surface area (TPSA) is 76.7 Å². The molecule has 0 spiro atoms. The molecule has 1 atom stereocenters. The van der Waals surface area contributed by atoms with Crippen molar-refractivity contribution in [3.8, 4) is 11.5 Å². The summed E-state index contributed by atoms with van der Waals surface area (Å²) < 4.78 is 37.8. The van der Waals surface area contributed by atoms with Crippen LogP contribution in [0.3, 0.4) is 0 Å². The zero-order valence-corrected chi connectivity index (χ0v) is 12.5. The van der Waals surface area contributed by atoms with E-state index < -0.39 is 10.0 Å². The average Bonchev–Trinajstić information content (AvgIpc) is 2.47. The molecule has 1 heterocycles. The van der Waals surface area contributed by atoms with Crippen LogP contribution in [0.2, 0.25) is 0 Å². The molecule has 2 rings (SSSR count). The SMILES string of the molecule is COc1ccc(S(=O)(=O)N[C@H]2CCCNC2)c(OC)c1. The summed E-state index contributed by atoms with van der Waals surface area (Å²) in [4.78, 5) is 0.131. The van der Waals surface area contributed by atoms with Crippen molar-refractivity contribution in [2.24, 2.45) is 0 Å². The number of piperidine rings is 1. The van der Waals surface area contributed by atoms with Gasteiger partial charge >= 0.3 is 0 Å². The van der Waals surface area contributed by atoms with Gasteiger partial charge in [-0.3, -0.25) is 0 Å². The van der Waals surface area contributed by atoms with E-state index in [1.165, 1.54) is 20.3 Å². The molecule has 0 aromatic heterocycles. The van der Waals surface area contributed by atoms with Gasteiger partial charge in [-0.15, -0.1) is 0 Å². The average molecular weight is 300 g/mol. The Bertz CT molecular complexity index is 553. The third-order valence-electron chi connectivity index (χ3n) is 3.28. The van der Waals surface area contributed by atoms with Crippen LogP contribution >= 0.6 is 0 Å². The molecule has 1 fully saturated rings. The number of sulfonamides is 1. The summed E-state index contributed by atoms with van der Waals surface area (Å²) in [5.41, 5.74) is 0. The number of benzene rings is 1. The second-order valence-corrected chi connectivity index (χ2v) is 6.36. The van der Waals surface area contributed by atoms with E-state index in [1.54, 1.807) is 12.1 Å². The molecule has 1 aromatic carbocycles.